The number of hydrogen-bond donors (Lipinski definition) is 1. The van der Waals surface area contributed by atoms with Gasteiger partial charge in [0, 0.05) is 43.4 Å². The fourth-order valence-electron chi connectivity index (χ4n) is 4.96. The lowest BCUT2D eigenvalue weighted by atomic mass is 10.0. The molecule has 11 nitrogen and oxygen atoms in total. The van der Waals surface area contributed by atoms with Crippen molar-refractivity contribution in [3.63, 3.8) is 0 Å². The Hall–Kier alpha value is -4.80. The normalized spacial score (nSPS) is 13.5. The highest BCUT2D eigenvalue weighted by molar-refractivity contribution is 5.92. The van der Waals surface area contributed by atoms with E-state index in [1.54, 1.807) is 28.3 Å². The molecule has 224 valence electrons. The largest absolute Gasteiger partial charge is 0.444 e. The van der Waals surface area contributed by atoms with Gasteiger partial charge >= 0.3 is 6.09 Å². The summed E-state index contributed by atoms with van der Waals surface area (Å²) in [5.74, 6) is 1.55. The van der Waals surface area contributed by atoms with Crippen molar-refractivity contribution in [2.24, 2.45) is 0 Å². The molecule has 0 radical (unpaired) electrons. The Morgan fingerprint density at radius 1 is 0.953 bits per heavy atom. The average Bonchev–Trinajstić information content (AvgIpc) is 3.47. The summed E-state index contributed by atoms with van der Waals surface area (Å²) in [6, 6.07) is 12.5. The Labute approximate surface area is 252 Å². The van der Waals surface area contributed by atoms with E-state index in [2.05, 4.69) is 72.5 Å². The van der Waals surface area contributed by atoms with E-state index in [-0.39, 0.29) is 6.09 Å². The van der Waals surface area contributed by atoms with Gasteiger partial charge in [-0.25, -0.2) is 29.2 Å². The number of carbonyl (C=O) groups excluding carboxylic acids is 1. The highest BCUT2D eigenvalue weighted by atomic mass is 16.6. The maximum atomic E-state index is 12.5. The summed E-state index contributed by atoms with van der Waals surface area (Å²) in [6.45, 7) is 14.2. The van der Waals surface area contributed by atoms with Gasteiger partial charge < -0.3 is 19.9 Å². The molecule has 1 saturated heterocycles. The molecule has 6 rings (SSSR count). The second-order valence-electron chi connectivity index (χ2n) is 11.3. The van der Waals surface area contributed by atoms with Crippen LogP contribution in [0.5, 0.6) is 0 Å². The van der Waals surface area contributed by atoms with Crippen LogP contribution in [0.2, 0.25) is 0 Å². The number of carbonyl (C=O) groups is 1. The van der Waals surface area contributed by atoms with Crippen molar-refractivity contribution >= 4 is 40.0 Å². The van der Waals surface area contributed by atoms with Crippen LogP contribution in [0.1, 0.15) is 51.3 Å². The van der Waals surface area contributed by atoms with Crippen LogP contribution in [0.3, 0.4) is 0 Å². The lowest BCUT2D eigenvalue weighted by Gasteiger charge is -2.36. The van der Waals surface area contributed by atoms with Crippen LogP contribution < -0.4 is 10.2 Å². The molecule has 1 aromatic carbocycles. The fraction of sp³-hybridized carbons (Fsp3) is 0.375. The molecule has 0 unspecified atom stereocenters. The van der Waals surface area contributed by atoms with Gasteiger partial charge in [0.2, 0.25) is 0 Å². The van der Waals surface area contributed by atoms with Crippen LogP contribution in [-0.4, -0.2) is 72.3 Å². The summed E-state index contributed by atoms with van der Waals surface area (Å²) < 4.78 is 7.29. The van der Waals surface area contributed by atoms with Gasteiger partial charge in [0.25, 0.3) is 0 Å². The van der Waals surface area contributed by atoms with Crippen LogP contribution in [0.25, 0.3) is 16.6 Å². The van der Waals surface area contributed by atoms with E-state index in [1.807, 2.05) is 46.9 Å². The lowest BCUT2D eigenvalue weighted by molar-refractivity contribution is 0.0240. The molecule has 1 N–H and O–H groups in total. The van der Waals surface area contributed by atoms with Gasteiger partial charge in [-0.1, -0.05) is 19.9 Å². The summed E-state index contributed by atoms with van der Waals surface area (Å²) in [5, 5.41) is 8.54. The zero-order valence-electron chi connectivity index (χ0n) is 25.7. The zero-order chi connectivity index (χ0) is 30.6. The van der Waals surface area contributed by atoms with Gasteiger partial charge in [-0.15, -0.1) is 0 Å². The van der Waals surface area contributed by atoms with E-state index < -0.39 is 5.60 Å². The van der Waals surface area contributed by atoms with Gasteiger partial charge in [-0.05, 0) is 81.1 Å². The number of hydrogen-bond acceptors (Lipinski definition) is 9. The third-order valence-electron chi connectivity index (χ3n) is 7.11. The number of nitrogens with zero attached hydrogens (tertiary/aromatic N) is 8. The van der Waals surface area contributed by atoms with Crippen molar-refractivity contribution in [3.05, 3.63) is 78.1 Å². The van der Waals surface area contributed by atoms with E-state index in [9.17, 15) is 4.79 Å². The zero-order valence-corrected chi connectivity index (χ0v) is 25.7. The van der Waals surface area contributed by atoms with E-state index in [0.717, 1.165) is 40.3 Å². The number of ether oxygens (including phenoxy) is 1. The molecule has 0 bridgehead atoms. The summed E-state index contributed by atoms with van der Waals surface area (Å²) in [6.07, 6.45) is 7.36. The Morgan fingerprint density at radius 3 is 2.49 bits per heavy atom. The second-order valence-corrected chi connectivity index (χ2v) is 11.3. The molecule has 0 atom stereocenters. The number of benzene rings is 1. The molecule has 0 spiro atoms. The molecule has 4 aromatic heterocycles. The molecule has 1 amide bonds. The van der Waals surface area contributed by atoms with Crippen LogP contribution in [0, 0.1) is 6.92 Å². The molecular weight excluding hydrogens is 542 g/mol. The van der Waals surface area contributed by atoms with Crippen LogP contribution >= 0.6 is 0 Å². The van der Waals surface area contributed by atoms with Crippen molar-refractivity contribution in [2.75, 3.05) is 36.4 Å². The number of anilines is 3. The molecule has 1 fully saturated rings. The van der Waals surface area contributed by atoms with Crippen molar-refractivity contribution in [1.29, 1.82) is 0 Å². The van der Waals surface area contributed by atoms with Crippen molar-refractivity contribution in [1.82, 2.24) is 34.4 Å². The fourth-order valence-corrected chi connectivity index (χ4v) is 4.96. The Bertz CT molecular complexity index is 1720. The highest BCUT2D eigenvalue weighted by Gasteiger charge is 2.26. The third-order valence-corrected chi connectivity index (χ3v) is 7.11. The summed E-state index contributed by atoms with van der Waals surface area (Å²) in [7, 11) is 0. The monoisotopic (exact) mass is 581 g/mol. The van der Waals surface area contributed by atoms with E-state index in [1.165, 1.54) is 16.7 Å². The van der Waals surface area contributed by atoms with E-state index in [4.69, 9.17) is 4.74 Å². The molecule has 1 aliphatic heterocycles. The van der Waals surface area contributed by atoms with Gasteiger partial charge in [0.15, 0.2) is 5.65 Å². The minimum Gasteiger partial charge on any atom is -0.444 e. The molecule has 11 heteroatoms. The van der Waals surface area contributed by atoms with Crippen LogP contribution in [0.15, 0.2) is 61.4 Å². The minimum atomic E-state index is -0.510. The Balaban J connectivity index is 0.00000180. The number of amides is 1. The first-order chi connectivity index (χ1) is 20.7. The molecule has 43 heavy (non-hydrogen) atoms. The Kier molecular flexibility index (Phi) is 8.70. The summed E-state index contributed by atoms with van der Waals surface area (Å²) in [5.41, 5.74) is 5.64. The minimum absolute atomic E-state index is 0.277. The summed E-state index contributed by atoms with van der Waals surface area (Å²) in [4.78, 5) is 34.3. The first kappa shape index (κ1) is 29.7. The molecule has 5 aromatic rings. The smallest absolute Gasteiger partial charge is 0.410 e. The second kappa shape index (κ2) is 12.6. The lowest BCUT2D eigenvalue weighted by Crippen LogP contribution is -2.50. The van der Waals surface area contributed by atoms with Crippen LogP contribution in [0.4, 0.5) is 22.1 Å². The quantitative estimate of drug-likeness (QED) is 0.275. The van der Waals surface area contributed by atoms with Gasteiger partial charge in [-0.2, -0.15) is 5.10 Å². The van der Waals surface area contributed by atoms with Gasteiger partial charge in [0.05, 0.1) is 11.7 Å². The topological polar surface area (TPSA) is 114 Å². The standard InChI is InChI=1S/C30H33N9O2.C2H6/c1-20-13-23(6-5-22(20)14-21-7-8-39-27(15-21)33-19-35-39)36-28-24-16-26(31-17-25(24)32-18-34-28)37-9-11-38(12-10-37)29(40)41-30(2,3)4;1-2/h5-8,13,15-19H,9-12,14H2,1-4H3,(H,32,34,36);1-2H3. The predicted molar refractivity (Wildman–Crippen MR) is 169 cm³/mol. The van der Waals surface area contributed by atoms with Crippen molar-refractivity contribution in [2.45, 2.75) is 53.6 Å². The molecule has 0 saturated carbocycles. The first-order valence-electron chi connectivity index (χ1n) is 14.7. The number of nitrogens with one attached hydrogen (secondary N) is 1. The van der Waals surface area contributed by atoms with Crippen molar-refractivity contribution in [3.8, 4) is 0 Å². The maximum Gasteiger partial charge on any atom is 0.410 e. The SMILES string of the molecule is CC.Cc1cc(Nc2ncnc3cnc(N4CCN(C(=O)OC(C)(C)C)CC4)cc23)ccc1Cc1ccn2ncnc2c1. The highest BCUT2D eigenvalue weighted by Crippen LogP contribution is 2.28. The van der Waals surface area contributed by atoms with Gasteiger partial charge in [0.1, 0.15) is 29.9 Å². The molecule has 5 heterocycles. The first-order valence-corrected chi connectivity index (χ1v) is 14.7. The number of fused-ring (bicyclic) bond motifs is 2. The van der Waals surface area contributed by atoms with E-state index in [0.29, 0.717) is 26.2 Å². The number of rotatable bonds is 5. The summed E-state index contributed by atoms with van der Waals surface area (Å²) >= 11 is 0. The number of piperazine rings is 1. The number of aromatic nitrogens is 6. The maximum absolute atomic E-state index is 12.5. The number of aryl methyl sites for hydroxylation is 1. The van der Waals surface area contributed by atoms with Gasteiger partial charge in [-0.3, -0.25) is 0 Å². The predicted octanol–water partition coefficient (Wildman–Crippen LogP) is 5.79. The van der Waals surface area contributed by atoms with E-state index >= 15 is 0 Å². The number of pyridine rings is 2. The van der Waals surface area contributed by atoms with Crippen LogP contribution in [-0.2, 0) is 11.2 Å². The average molecular weight is 582 g/mol. The molecule has 1 aliphatic rings. The molecule has 0 aliphatic carbocycles. The third kappa shape index (κ3) is 6.99. The van der Waals surface area contributed by atoms with Crippen molar-refractivity contribution < 1.29 is 9.53 Å². The molecular formula is C32H39N9O2. The Morgan fingerprint density at radius 2 is 1.74 bits per heavy atom.